The Labute approximate surface area is 123 Å². The lowest BCUT2D eigenvalue weighted by atomic mass is 10.2. The van der Waals surface area contributed by atoms with Crippen molar-refractivity contribution in [3.63, 3.8) is 0 Å². The van der Waals surface area contributed by atoms with Crippen LogP contribution in [0.4, 0.5) is 0 Å². The third-order valence-corrected chi connectivity index (χ3v) is 1.91. The third-order valence-electron chi connectivity index (χ3n) is 1.91. The molecule has 0 bridgehead atoms. The Bertz CT molecular complexity index is 422. The van der Waals surface area contributed by atoms with Crippen molar-refractivity contribution >= 4 is 0 Å². The van der Waals surface area contributed by atoms with E-state index in [2.05, 4.69) is 20.4 Å². The van der Waals surface area contributed by atoms with Gasteiger partial charge in [-0.2, -0.15) is 0 Å². The number of aryl methyl sites for hydroxylation is 1. The average molecular weight is 286 g/mol. The van der Waals surface area contributed by atoms with Crippen molar-refractivity contribution in [3.05, 3.63) is 24.1 Å². The summed E-state index contributed by atoms with van der Waals surface area (Å²) in [4.78, 5) is 0. The monoisotopic (exact) mass is 286 g/mol. The summed E-state index contributed by atoms with van der Waals surface area (Å²) in [5.74, 6) is 2.74. The first kappa shape index (κ1) is 23.4. The Kier molecular flexibility index (Phi) is 13.0. The van der Waals surface area contributed by atoms with Crippen LogP contribution in [0.1, 0.15) is 79.5 Å². The first-order chi connectivity index (χ1) is 8.00. The standard InChI is InChI=1S/C6H10N2O.C5H8N2O.3CH4/c1-4(2)6-8-7-5(3)9-6;1-4(2)5-7-6-3-8-5;;;/h4H,1-3H3;3-4H,1-2H3;3*1H4. The van der Waals surface area contributed by atoms with Crippen LogP contribution < -0.4 is 0 Å². The van der Waals surface area contributed by atoms with Crippen molar-refractivity contribution in [2.24, 2.45) is 0 Å². The third kappa shape index (κ3) is 7.66. The molecule has 2 rings (SSSR count). The summed E-state index contributed by atoms with van der Waals surface area (Å²) >= 11 is 0. The Morgan fingerprint density at radius 3 is 1.60 bits per heavy atom. The summed E-state index contributed by atoms with van der Waals surface area (Å²) in [5.41, 5.74) is 0. The Morgan fingerprint density at radius 2 is 1.40 bits per heavy atom. The summed E-state index contributed by atoms with van der Waals surface area (Å²) in [6, 6.07) is 0. The van der Waals surface area contributed by atoms with Gasteiger partial charge in [-0.1, -0.05) is 50.0 Å². The minimum atomic E-state index is 0. The van der Waals surface area contributed by atoms with Gasteiger partial charge in [0.05, 0.1) is 0 Å². The molecule has 0 unspecified atom stereocenters. The van der Waals surface area contributed by atoms with Crippen LogP contribution in [0, 0.1) is 6.92 Å². The average Bonchev–Trinajstić information content (AvgIpc) is 2.87. The van der Waals surface area contributed by atoms with Gasteiger partial charge < -0.3 is 8.83 Å². The van der Waals surface area contributed by atoms with Crippen LogP contribution in [0.2, 0.25) is 0 Å². The molecule has 2 aromatic heterocycles. The zero-order valence-corrected chi connectivity index (χ0v) is 10.8. The molecule has 2 heterocycles. The lowest BCUT2D eigenvalue weighted by Crippen LogP contribution is -1.85. The van der Waals surface area contributed by atoms with Crippen LogP contribution in [-0.2, 0) is 0 Å². The molecular weight excluding hydrogens is 256 g/mol. The molecule has 0 fully saturated rings. The van der Waals surface area contributed by atoms with E-state index in [1.54, 1.807) is 6.92 Å². The van der Waals surface area contributed by atoms with Gasteiger partial charge in [-0.25, -0.2) is 0 Å². The molecular formula is C14H30N4O2. The second-order valence-corrected chi connectivity index (χ2v) is 4.25. The maximum atomic E-state index is 5.12. The number of aromatic nitrogens is 4. The Hall–Kier alpha value is -1.72. The molecule has 0 aliphatic rings. The van der Waals surface area contributed by atoms with Crippen molar-refractivity contribution in [2.45, 2.75) is 68.7 Å². The molecule has 6 nitrogen and oxygen atoms in total. The van der Waals surface area contributed by atoms with Crippen molar-refractivity contribution < 1.29 is 8.83 Å². The summed E-state index contributed by atoms with van der Waals surface area (Å²) < 4.78 is 10.00. The first-order valence-electron chi connectivity index (χ1n) is 5.56. The quantitative estimate of drug-likeness (QED) is 0.802. The van der Waals surface area contributed by atoms with E-state index in [9.17, 15) is 0 Å². The smallest absolute Gasteiger partial charge is 0.219 e. The SMILES string of the molecule is C.C.C.CC(C)c1nnco1.Cc1nnc(C(C)C)o1. The topological polar surface area (TPSA) is 77.8 Å². The molecule has 0 N–H and O–H groups in total. The zero-order valence-electron chi connectivity index (χ0n) is 10.8. The Morgan fingerprint density at radius 1 is 0.850 bits per heavy atom. The number of hydrogen-bond donors (Lipinski definition) is 0. The normalized spacial score (nSPS) is 8.95. The minimum absolute atomic E-state index is 0. The minimum Gasteiger partial charge on any atom is -0.428 e. The van der Waals surface area contributed by atoms with Crippen molar-refractivity contribution in [2.75, 3.05) is 0 Å². The van der Waals surface area contributed by atoms with Crippen molar-refractivity contribution in [1.29, 1.82) is 0 Å². The van der Waals surface area contributed by atoms with E-state index < -0.39 is 0 Å². The summed E-state index contributed by atoms with van der Waals surface area (Å²) in [7, 11) is 0. The molecule has 118 valence electrons. The van der Waals surface area contributed by atoms with Gasteiger partial charge >= 0.3 is 0 Å². The van der Waals surface area contributed by atoms with Crippen LogP contribution in [0.15, 0.2) is 15.2 Å². The van der Waals surface area contributed by atoms with Crippen LogP contribution in [-0.4, -0.2) is 20.4 Å². The van der Waals surface area contributed by atoms with Crippen molar-refractivity contribution in [1.82, 2.24) is 20.4 Å². The van der Waals surface area contributed by atoms with Gasteiger partial charge in [0.2, 0.25) is 24.1 Å². The molecule has 0 aliphatic heterocycles. The first-order valence-corrected chi connectivity index (χ1v) is 5.56. The van der Waals surface area contributed by atoms with Crippen LogP contribution in [0.5, 0.6) is 0 Å². The lowest BCUT2D eigenvalue weighted by molar-refractivity contribution is 0.448. The second kappa shape index (κ2) is 11.1. The highest BCUT2D eigenvalue weighted by molar-refractivity contribution is 4.84. The van der Waals surface area contributed by atoms with E-state index in [1.165, 1.54) is 6.39 Å². The van der Waals surface area contributed by atoms with E-state index in [-0.39, 0.29) is 22.3 Å². The van der Waals surface area contributed by atoms with Gasteiger partial charge in [0.15, 0.2) is 0 Å². The molecule has 0 radical (unpaired) electrons. The largest absolute Gasteiger partial charge is 0.428 e. The van der Waals surface area contributed by atoms with Gasteiger partial charge in [-0.15, -0.1) is 20.4 Å². The summed E-state index contributed by atoms with van der Waals surface area (Å²) in [6.45, 7) is 9.85. The molecule has 0 aromatic carbocycles. The van der Waals surface area contributed by atoms with E-state index in [0.717, 1.165) is 0 Å². The van der Waals surface area contributed by atoms with Gasteiger partial charge in [-0.3, -0.25) is 0 Å². The molecule has 2 aromatic rings. The van der Waals surface area contributed by atoms with Crippen LogP contribution >= 0.6 is 0 Å². The maximum absolute atomic E-state index is 5.12. The lowest BCUT2D eigenvalue weighted by Gasteiger charge is -1.92. The second-order valence-electron chi connectivity index (χ2n) is 4.25. The molecule has 0 aliphatic carbocycles. The Balaban J connectivity index is -0.000000252. The van der Waals surface area contributed by atoms with E-state index in [4.69, 9.17) is 8.83 Å². The molecule has 0 spiro atoms. The number of rotatable bonds is 2. The van der Waals surface area contributed by atoms with Gasteiger partial charge in [-0.05, 0) is 0 Å². The fourth-order valence-corrected chi connectivity index (χ4v) is 0.978. The van der Waals surface area contributed by atoms with E-state index in [0.29, 0.717) is 29.5 Å². The fraction of sp³-hybridized carbons (Fsp3) is 0.714. The van der Waals surface area contributed by atoms with E-state index >= 15 is 0 Å². The molecule has 0 amide bonds. The molecule has 0 saturated heterocycles. The van der Waals surface area contributed by atoms with E-state index in [1.807, 2.05) is 27.7 Å². The maximum Gasteiger partial charge on any atom is 0.219 e. The molecule has 0 saturated carbocycles. The zero-order chi connectivity index (χ0) is 12.8. The molecule has 20 heavy (non-hydrogen) atoms. The van der Waals surface area contributed by atoms with Crippen LogP contribution in [0.25, 0.3) is 0 Å². The fourth-order valence-electron chi connectivity index (χ4n) is 0.978. The van der Waals surface area contributed by atoms with Gasteiger partial charge in [0, 0.05) is 18.8 Å². The molecule has 6 heteroatoms. The van der Waals surface area contributed by atoms with Crippen molar-refractivity contribution in [3.8, 4) is 0 Å². The number of hydrogen-bond acceptors (Lipinski definition) is 6. The van der Waals surface area contributed by atoms with Crippen LogP contribution in [0.3, 0.4) is 0 Å². The number of nitrogens with zero attached hydrogens (tertiary/aromatic N) is 4. The highest BCUT2D eigenvalue weighted by atomic mass is 16.4. The van der Waals surface area contributed by atoms with Gasteiger partial charge in [0.25, 0.3) is 0 Å². The molecule has 0 atom stereocenters. The summed E-state index contributed by atoms with van der Waals surface area (Å²) in [5, 5.41) is 14.7. The highest BCUT2D eigenvalue weighted by Crippen LogP contribution is 2.10. The predicted octanol–water partition coefficient (Wildman–Crippen LogP) is 4.60. The van der Waals surface area contributed by atoms with Gasteiger partial charge in [0.1, 0.15) is 0 Å². The highest BCUT2D eigenvalue weighted by Gasteiger charge is 2.05. The summed E-state index contributed by atoms with van der Waals surface area (Å²) in [6.07, 6.45) is 1.34. The predicted molar refractivity (Wildman–Crippen MR) is 81.7 cm³/mol.